The first kappa shape index (κ1) is 19.9. The predicted octanol–water partition coefficient (Wildman–Crippen LogP) is 6.94. The summed E-state index contributed by atoms with van der Waals surface area (Å²) in [4.78, 5) is 10.4. The molecule has 1 aromatic heterocycles. The zero-order valence-electron chi connectivity index (χ0n) is 16.7. The lowest BCUT2D eigenvalue weighted by atomic mass is 9.99. The molecule has 28 heavy (non-hydrogen) atoms. The number of unbranched alkanes of at least 4 members (excludes halogenated alkanes) is 1. The van der Waals surface area contributed by atoms with Crippen LogP contribution in [0.3, 0.4) is 0 Å². The van der Waals surface area contributed by atoms with Crippen LogP contribution in [0.5, 0.6) is 0 Å². The summed E-state index contributed by atoms with van der Waals surface area (Å²) in [6.07, 6.45) is 11.4. The van der Waals surface area contributed by atoms with Crippen molar-refractivity contribution in [2.75, 3.05) is 0 Å². The standard InChI is InChI=1S/C24H28N2O2/c1-3-5-8-19(4-2)17-25-18-21(23-9-6-7-10-24(23)25)14-11-20-12-15-22(16-13-20)26(27)28/h6-7,9-16,18-19H,3-5,8,17H2,1-2H3. The molecule has 1 atom stereocenters. The molecule has 0 N–H and O–H groups in total. The number of nitrogens with zero attached hydrogens (tertiary/aromatic N) is 2. The molecule has 146 valence electrons. The summed E-state index contributed by atoms with van der Waals surface area (Å²) in [5.41, 5.74) is 3.52. The van der Waals surface area contributed by atoms with Crippen LogP contribution in [0.4, 0.5) is 5.69 Å². The summed E-state index contributed by atoms with van der Waals surface area (Å²) in [7, 11) is 0. The van der Waals surface area contributed by atoms with Gasteiger partial charge in [0.25, 0.3) is 5.69 Å². The van der Waals surface area contributed by atoms with Crippen molar-refractivity contribution in [3.05, 3.63) is 76.0 Å². The number of hydrogen-bond acceptors (Lipinski definition) is 2. The SMILES string of the molecule is CCCCC(CC)Cn1cc(C=Cc2ccc([N+](=O)[O-])cc2)c2ccccc21. The molecule has 0 aliphatic carbocycles. The number of nitro groups is 1. The molecule has 0 saturated heterocycles. The van der Waals surface area contributed by atoms with Crippen molar-refractivity contribution in [3.63, 3.8) is 0 Å². The maximum atomic E-state index is 10.8. The molecule has 0 saturated carbocycles. The molecule has 0 spiro atoms. The summed E-state index contributed by atoms with van der Waals surface area (Å²) < 4.78 is 2.38. The molecule has 4 heteroatoms. The average molecular weight is 377 g/mol. The Balaban J connectivity index is 1.86. The van der Waals surface area contributed by atoms with Crippen LogP contribution in [0.1, 0.15) is 50.7 Å². The van der Waals surface area contributed by atoms with Gasteiger partial charge in [-0.3, -0.25) is 10.1 Å². The Morgan fingerprint density at radius 3 is 2.50 bits per heavy atom. The van der Waals surface area contributed by atoms with Crippen LogP contribution in [0, 0.1) is 16.0 Å². The maximum absolute atomic E-state index is 10.8. The average Bonchev–Trinajstić information content (AvgIpc) is 3.07. The fraction of sp³-hybridized carbons (Fsp3) is 0.333. The number of aromatic nitrogens is 1. The van der Waals surface area contributed by atoms with Gasteiger partial charge in [-0.05, 0) is 41.7 Å². The van der Waals surface area contributed by atoms with E-state index in [-0.39, 0.29) is 10.6 Å². The third-order valence-corrected chi connectivity index (χ3v) is 5.38. The summed E-state index contributed by atoms with van der Waals surface area (Å²) in [6, 6.07) is 15.2. The van der Waals surface area contributed by atoms with Crippen molar-refractivity contribution >= 4 is 28.7 Å². The van der Waals surface area contributed by atoms with E-state index >= 15 is 0 Å². The van der Waals surface area contributed by atoms with E-state index in [0.717, 1.165) is 12.1 Å². The molecule has 1 heterocycles. The van der Waals surface area contributed by atoms with Crippen molar-refractivity contribution in [1.82, 2.24) is 4.57 Å². The first-order chi connectivity index (χ1) is 13.6. The third-order valence-electron chi connectivity index (χ3n) is 5.38. The summed E-state index contributed by atoms with van der Waals surface area (Å²) in [6.45, 7) is 5.57. The fourth-order valence-corrected chi connectivity index (χ4v) is 3.65. The van der Waals surface area contributed by atoms with Crippen molar-refractivity contribution in [2.24, 2.45) is 5.92 Å². The predicted molar refractivity (Wildman–Crippen MR) is 117 cm³/mol. The lowest BCUT2D eigenvalue weighted by molar-refractivity contribution is -0.384. The first-order valence-electron chi connectivity index (χ1n) is 10.1. The van der Waals surface area contributed by atoms with Gasteiger partial charge in [-0.2, -0.15) is 0 Å². The van der Waals surface area contributed by atoms with E-state index in [0.29, 0.717) is 5.92 Å². The van der Waals surface area contributed by atoms with Gasteiger partial charge in [0.1, 0.15) is 0 Å². The Hall–Kier alpha value is -2.88. The van der Waals surface area contributed by atoms with E-state index in [1.165, 1.54) is 42.1 Å². The Morgan fingerprint density at radius 2 is 1.82 bits per heavy atom. The van der Waals surface area contributed by atoms with E-state index in [2.05, 4.69) is 55.0 Å². The summed E-state index contributed by atoms with van der Waals surface area (Å²) in [5, 5.41) is 12.0. The Labute approximate surface area is 166 Å². The number of fused-ring (bicyclic) bond motifs is 1. The molecular weight excluding hydrogens is 348 g/mol. The van der Waals surface area contributed by atoms with Crippen LogP contribution in [0.2, 0.25) is 0 Å². The Morgan fingerprint density at radius 1 is 1.07 bits per heavy atom. The molecule has 0 aliphatic heterocycles. The van der Waals surface area contributed by atoms with Gasteiger partial charge in [0, 0.05) is 35.8 Å². The van der Waals surface area contributed by atoms with Gasteiger partial charge in [-0.25, -0.2) is 0 Å². The highest BCUT2D eigenvalue weighted by Gasteiger charge is 2.11. The van der Waals surface area contributed by atoms with Gasteiger partial charge < -0.3 is 4.57 Å². The van der Waals surface area contributed by atoms with Crippen molar-refractivity contribution in [1.29, 1.82) is 0 Å². The van der Waals surface area contributed by atoms with Gasteiger partial charge >= 0.3 is 0 Å². The molecule has 0 fully saturated rings. The normalized spacial score (nSPS) is 12.6. The van der Waals surface area contributed by atoms with E-state index in [4.69, 9.17) is 0 Å². The van der Waals surface area contributed by atoms with E-state index in [1.807, 2.05) is 6.08 Å². The topological polar surface area (TPSA) is 48.1 Å². The van der Waals surface area contributed by atoms with E-state index in [9.17, 15) is 10.1 Å². The minimum absolute atomic E-state index is 0.117. The Kier molecular flexibility index (Phi) is 6.64. The van der Waals surface area contributed by atoms with Gasteiger partial charge in [0.05, 0.1) is 4.92 Å². The molecular formula is C24H28N2O2. The van der Waals surface area contributed by atoms with Gasteiger partial charge in [0.15, 0.2) is 0 Å². The zero-order valence-corrected chi connectivity index (χ0v) is 16.7. The number of hydrogen-bond donors (Lipinski definition) is 0. The molecule has 3 aromatic rings. The maximum Gasteiger partial charge on any atom is 0.269 e. The minimum Gasteiger partial charge on any atom is -0.347 e. The summed E-state index contributed by atoms with van der Waals surface area (Å²) in [5.74, 6) is 0.697. The second-order valence-electron chi connectivity index (χ2n) is 7.35. The second-order valence-corrected chi connectivity index (χ2v) is 7.35. The highest BCUT2D eigenvalue weighted by Crippen LogP contribution is 2.26. The van der Waals surface area contributed by atoms with Gasteiger partial charge in [0.2, 0.25) is 0 Å². The van der Waals surface area contributed by atoms with Crippen LogP contribution in [-0.4, -0.2) is 9.49 Å². The monoisotopic (exact) mass is 376 g/mol. The van der Waals surface area contributed by atoms with Crippen LogP contribution in [0.15, 0.2) is 54.7 Å². The minimum atomic E-state index is -0.371. The molecule has 1 unspecified atom stereocenters. The second kappa shape index (κ2) is 9.36. The Bertz CT molecular complexity index is 954. The fourth-order valence-electron chi connectivity index (χ4n) is 3.65. The highest BCUT2D eigenvalue weighted by molar-refractivity contribution is 5.92. The quantitative estimate of drug-likeness (QED) is 0.300. The summed E-state index contributed by atoms with van der Waals surface area (Å²) >= 11 is 0. The zero-order chi connectivity index (χ0) is 19.9. The highest BCUT2D eigenvalue weighted by atomic mass is 16.6. The molecule has 0 bridgehead atoms. The number of non-ortho nitro benzene ring substituents is 1. The van der Waals surface area contributed by atoms with Gasteiger partial charge in [-0.1, -0.05) is 63.5 Å². The van der Waals surface area contributed by atoms with Crippen LogP contribution in [-0.2, 0) is 6.54 Å². The first-order valence-corrected chi connectivity index (χ1v) is 10.1. The van der Waals surface area contributed by atoms with Gasteiger partial charge in [-0.15, -0.1) is 0 Å². The molecule has 4 nitrogen and oxygen atoms in total. The number of benzene rings is 2. The number of rotatable bonds is 9. The molecule has 0 aliphatic rings. The molecule has 0 radical (unpaired) electrons. The van der Waals surface area contributed by atoms with Crippen molar-refractivity contribution < 1.29 is 4.92 Å². The van der Waals surface area contributed by atoms with E-state index < -0.39 is 0 Å². The number of nitro benzene ring substituents is 1. The molecule has 2 aromatic carbocycles. The number of para-hydroxylation sites is 1. The lowest BCUT2D eigenvalue weighted by Crippen LogP contribution is -2.09. The van der Waals surface area contributed by atoms with Crippen LogP contribution >= 0.6 is 0 Å². The van der Waals surface area contributed by atoms with Crippen molar-refractivity contribution in [3.8, 4) is 0 Å². The largest absolute Gasteiger partial charge is 0.347 e. The van der Waals surface area contributed by atoms with Crippen LogP contribution in [0.25, 0.3) is 23.1 Å². The molecule has 0 amide bonds. The smallest absolute Gasteiger partial charge is 0.269 e. The third kappa shape index (κ3) is 4.69. The van der Waals surface area contributed by atoms with E-state index in [1.54, 1.807) is 24.3 Å². The molecule has 3 rings (SSSR count). The van der Waals surface area contributed by atoms with Crippen molar-refractivity contribution in [2.45, 2.75) is 46.1 Å². The van der Waals surface area contributed by atoms with Crippen LogP contribution < -0.4 is 0 Å². The lowest BCUT2D eigenvalue weighted by Gasteiger charge is -2.16.